The van der Waals surface area contributed by atoms with Gasteiger partial charge in [-0.25, -0.2) is 17.6 Å². The van der Waals surface area contributed by atoms with Gasteiger partial charge < -0.3 is 5.11 Å². The van der Waals surface area contributed by atoms with Crippen LogP contribution in [0.2, 0.25) is 0 Å². The molecule has 0 saturated heterocycles. The predicted molar refractivity (Wildman–Crippen MR) is 45.8 cm³/mol. The minimum absolute atomic E-state index is 0. The summed E-state index contributed by atoms with van der Waals surface area (Å²) in [5.41, 5.74) is -32.5. The van der Waals surface area contributed by atoms with Crippen molar-refractivity contribution in [3.63, 3.8) is 0 Å². The van der Waals surface area contributed by atoms with Crippen molar-refractivity contribution in [2.45, 2.75) is 53.2 Å². The van der Waals surface area contributed by atoms with E-state index >= 15 is 0 Å². The van der Waals surface area contributed by atoms with E-state index in [1.807, 2.05) is 0 Å². The van der Waals surface area contributed by atoms with Crippen molar-refractivity contribution in [1.29, 1.82) is 0 Å². The summed E-state index contributed by atoms with van der Waals surface area (Å²) in [5.74, 6) is -24.1. The van der Waals surface area contributed by atoms with Gasteiger partial charge >= 0.3 is 49.2 Å². The third kappa shape index (κ3) is 1.82. The van der Waals surface area contributed by atoms with Gasteiger partial charge in [0.15, 0.2) is 0 Å². The summed E-state index contributed by atoms with van der Waals surface area (Å²) in [4.78, 5) is 0. The first-order valence-corrected chi connectivity index (χ1v) is 6.17. The monoisotopic (exact) mass is 466 g/mol. The Bertz CT molecular complexity index is 690. The van der Waals surface area contributed by atoms with E-state index in [0.717, 1.165) is 0 Å². The summed E-state index contributed by atoms with van der Waals surface area (Å²) in [7, 11) is 0. The number of hydrogen-bond donors (Lipinski definition) is 0. The molecule has 29 heavy (non-hydrogen) atoms. The van der Waals surface area contributed by atoms with Crippen LogP contribution in [0.15, 0.2) is 0 Å². The van der Waals surface area contributed by atoms with Gasteiger partial charge in [-0.15, -0.1) is 0 Å². The van der Waals surface area contributed by atoms with Crippen molar-refractivity contribution < 1.29 is 98.6 Å². The van der Waals surface area contributed by atoms with Gasteiger partial charge in [0.05, 0.1) is 0 Å². The predicted octanol–water partition coefficient (Wildman–Crippen LogP) is 1.11. The number of rotatable bonds is 0. The van der Waals surface area contributed by atoms with Crippen molar-refractivity contribution in [1.82, 2.24) is 0 Å². The molecule has 166 valence electrons. The second-order valence-corrected chi connectivity index (χ2v) is 5.96. The molecule has 0 aromatic carbocycles. The number of fused-ring (bicyclic) bond motifs is 2. The Balaban J connectivity index is 0.00000420. The molecule has 19 heteroatoms. The van der Waals surface area contributed by atoms with Gasteiger partial charge in [-0.1, -0.05) is 0 Å². The van der Waals surface area contributed by atoms with Crippen LogP contribution in [-0.4, -0.2) is 53.2 Å². The molecular formula is C10F17LiO. The molecule has 0 N–H and O–H groups in total. The number of alkyl halides is 17. The Morgan fingerprint density at radius 2 is 0.793 bits per heavy atom. The summed E-state index contributed by atoms with van der Waals surface area (Å²) >= 11 is 0. The molecule has 0 radical (unpaired) electrons. The summed E-state index contributed by atoms with van der Waals surface area (Å²) < 4.78 is 225. The molecule has 3 rings (SSSR count). The van der Waals surface area contributed by atoms with E-state index < -0.39 is 58.7 Å². The maximum atomic E-state index is 14.1. The third-order valence-electron chi connectivity index (χ3n) is 4.91. The third-order valence-corrected chi connectivity index (χ3v) is 4.91. The standard InChI is InChI=1S/C10F17O.Li/c11-2-1(8(19,20)21,9(22,23)24)4(28,5(2,13)14)3(12,10(25,26)27)7(17,18)6(2,15)16;/q-1;+1. The van der Waals surface area contributed by atoms with Crippen molar-refractivity contribution in [3.8, 4) is 0 Å². The molecule has 0 heterocycles. The average molecular weight is 466 g/mol. The fourth-order valence-electron chi connectivity index (χ4n) is 3.78. The number of halogens is 17. The minimum Gasteiger partial charge on any atom is -0.841 e. The zero-order valence-corrected chi connectivity index (χ0v) is 12.8. The van der Waals surface area contributed by atoms with Gasteiger partial charge in [0, 0.05) is 5.60 Å². The van der Waals surface area contributed by atoms with Gasteiger partial charge in [-0.05, 0) is 0 Å². The van der Waals surface area contributed by atoms with E-state index in [0.29, 0.717) is 0 Å². The van der Waals surface area contributed by atoms with Crippen LogP contribution < -0.4 is 24.0 Å². The molecule has 0 amide bonds. The molecule has 3 saturated carbocycles. The molecule has 0 aliphatic heterocycles. The normalized spacial score (nSPS) is 39.9. The van der Waals surface area contributed by atoms with Crippen LogP contribution >= 0.6 is 0 Å². The second-order valence-electron chi connectivity index (χ2n) is 5.96. The van der Waals surface area contributed by atoms with Crippen molar-refractivity contribution in [3.05, 3.63) is 0 Å². The van der Waals surface area contributed by atoms with E-state index in [-0.39, 0.29) is 18.9 Å². The van der Waals surface area contributed by atoms with Crippen LogP contribution in [0.25, 0.3) is 0 Å². The Morgan fingerprint density at radius 3 is 1.03 bits per heavy atom. The molecule has 0 spiro atoms. The molecule has 0 aromatic heterocycles. The van der Waals surface area contributed by atoms with Crippen LogP contribution in [0.3, 0.4) is 0 Å². The van der Waals surface area contributed by atoms with E-state index in [1.54, 1.807) is 0 Å². The maximum absolute atomic E-state index is 14.1. The summed E-state index contributed by atoms with van der Waals surface area (Å²) in [6.07, 6.45) is -24.5. The molecule has 3 aliphatic carbocycles. The molecule has 2 bridgehead atoms. The van der Waals surface area contributed by atoms with E-state index in [2.05, 4.69) is 0 Å². The molecular weight excluding hydrogens is 466 g/mol. The average Bonchev–Trinajstić information content (AvgIpc) is 2.39. The smallest absolute Gasteiger partial charge is 0.841 e. The van der Waals surface area contributed by atoms with E-state index in [1.165, 1.54) is 0 Å². The van der Waals surface area contributed by atoms with Gasteiger partial charge in [0.2, 0.25) is 5.41 Å². The topological polar surface area (TPSA) is 23.1 Å². The molecule has 3 aliphatic rings. The van der Waals surface area contributed by atoms with Crippen LogP contribution in [0.5, 0.6) is 0 Å². The Kier molecular flexibility index (Phi) is 4.91. The molecule has 3 atom stereocenters. The maximum Gasteiger partial charge on any atom is 1.00 e. The quantitative estimate of drug-likeness (QED) is 0.388. The van der Waals surface area contributed by atoms with Gasteiger partial charge in [0.1, 0.15) is 0 Å². The second kappa shape index (κ2) is 5.40. The van der Waals surface area contributed by atoms with Gasteiger partial charge in [0.25, 0.3) is 17.3 Å². The van der Waals surface area contributed by atoms with Crippen molar-refractivity contribution in [2.24, 2.45) is 5.41 Å². The first-order valence-electron chi connectivity index (χ1n) is 6.17. The first-order chi connectivity index (χ1) is 11.8. The zero-order chi connectivity index (χ0) is 23.0. The molecule has 3 unspecified atom stereocenters. The Hall–Kier alpha value is -0.633. The van der Waals surface area contributed by atoms with Crippen LogP contribution in [-0.2, 0) is 0 Å². The Labute approximate surface area is 158 Å². The van der Waals surface area contributed by atoms with Crippen LogP contribution in [0.4, 0.5) is 74.6 Å². The van der Waals surface area contributed by atoms with Crippen LogP contribution in [0, 0.1) is 5.41 Å². The molecule has 0 aromatic rings. The van der Waals surface area contributed by atoms with E-state index in [4.69, 9.17) is 0 Å². The largest absolute Gasteiger partial charge is 1.00 e. The van der Waals surface area contributed by atoms with Crippen molar-refractivity contribution in [2.75, 3.05) is 0 Å². The fraction of sp³-hybridized carbons (Fsp3) is 1.00. The Morgan fingerprint density at radius 1 is 0.483 bits per heavy atom. The SMILES string of the molecule is [Li+].[O-]C12C(F)(F)C(F)(C(F)(F)C(F)(F)C1(F)C(F)(F)F)C2(C(F)(F)F)C(F)(F)F. The summed E-state index contributed by atoms with van der Waals surface area (Å²) in [5, 5.41) is 11.7. The zero-order valence-electron chi connectivity index (χ0n) is 12.8. The summed E-state index contributed by atoms with van der Waals surface area (Å²) in [6, 6.07) is 0. The van der Waals surface area contributed by atoms with Crippen LogP contribution in [0.1, 0.15) is 0 Å². The first kappa shape index (κ1) is 26.4. The van der Waals surface area contributed by atoms with Gasteiger partial charge in [-0.3, -0.25) is 0 Å². The summed E-state index contributed by atoms with van der Waals surface area (Å²) in [6.45, 7) is 0. The fourth-order valence-corrected chi connectivity index (χ4v) is 3.78. The van der Waals surface area contributed by atoms with Crippen molar-refractivity contribution >= 4 is 0 Å². The minimum atomic E-state index is -8.40. The van der Waals surface area contributed by atoms with Gasteiger partial charge in [-0.2, -0.15) is 57.1 Å². The molecule has 1 nitrogen and oxygen atoms in total. The van der Waals surface area contributed by atoms with E-state index in [9.17, 15) is 79.7 Å². The molecule has 3 fully saturated rings. The number of hydrogen-bond acceptors (Lipinski definition) is 1.